The Bertz CT molecular complexity index is 102. The normalized spacial score (nSPS) is 10.9. The maximum atomic E-state index is 9.39. The molecule has 9 heavy (non-hydrogen) atoms. The van der Waals surface area contributed by atoms with Gasteiger partial charge in [-0.3, -0.25) is 0 Å². The second kappa shape index (κ2) is 7.75. The van der Waals surface area contributed by atoms with Gasteiger partial charge in [-0.2, -0.15) is 0 Å². The van der Waals surface area contributed by atoms with Crippen LogP contribution < -0.4 is 0 Å². The molecule has 52 valence electrons. The van der Waals surface area contributed by atoms with Gasteiger partial charge in [-0.15, -0.1) is 9.79 Å². The van der Waals surface area contributed by atoms with Crippen LogP contribution in [0.4, 0.5) is 0 Å². The summed E-state index contributed by atoms with van der Waals surface area (Å²) in [5.41, 5.74) is 0. The molecule has 0 saturated carbocycles. The predicted octanol–water partition coefficient (Wildman–Crippen LogP) is 0.568. The van der Waals surface area contributed by atoms with Crippen molar-refractivity contribution in [2.24, 2.45) is 0 Å². The Morgan fingerprint density at radius 3 is 1.44 bits per heavy atom. The van der Waals surface area contributed by atoms with E-state index >= 15 is 0 Å². The molecule has 0 aliphatic rings. The highest BCUT2D eigenvalue weighted by Gasteiger charge is 2.31. The fourth-order valence-corrected chi connectivity index (χ4v) is 0.538. The Balaban J connectivity index is 0. The van der Waals surface area contributed by atoms with Gasteiger partial charge in [0, 0.05) is 9.13 Å². The van der Waals surface area contributed by atoms with Crippen LogP contribution in [0.15, 0.2) is 0 Å². The number of hydrogen-bond donors (Lipinski definition) is 3. The van der Waals surface area contributed by atoms with Crippen LogP contribution in [0, 0.1) is 5.41 Å². The Hall–Kier alpha value is -0.250. The summed E-state index contributed by atoms with van der Waals surface area (Å²) in [5, 5.41) is 5.50. The molecule has 0 aliphatic carbocycles. The van der Waals surface area contributed by atoms with E-state index in [0.717, 1.165) is 0 Å². The summed E-state index contributed by atoms with van der Waals surface area (Å²) in [4.78, 5) is 15.3. The lowest BCUT2D eigenvalue weighted by atomic mass is 11.8. The largest absolute Gasteiger partial charge is 0.745 e. The monoisotopic (exact) mass is 173 g/mol. The van der Waals surface area contributed by atoms with E-state index in [1.807, 2.05) is 0 Å². The van der Waals surface area contributed by atoms with Gasteiger partial charge >= 0.3 is 16.5 Å². The van der Waals surface area contributed by atoms with E-state index in [2.05, 4.69) is 11.0 Å². The van der Waals surface area contributed by atoms with E-state index in [1.54, 1.807) is 0 Å². The van der Waals surface area contributed by atoms with Crippen LogP contribution in [0.2, 0.25) is 0 Å². The molecule has 0 rings (SSSR count). The van der Waals surface area contributed by atoms with Gasteiger partial charge in [0.05, 0.1) is 0 Å². The molecular weight excluding hydrogens is 168 g/mol. The van der Waals surface area contributed by atoms with Crippen molar-refractivity contribution in [1.82, 2.24) is 0 Å². The summed E-state index contributed by atoms with van der Waals surface area (Å²) in [6, 6.07) is 0. The van der Waals surface area contributed by atoms with E-state index in [4.69, 9.17) is 15.2 Å². The Morgan fingerprint density at radius 2 is 1.44 bits per heavy atom. The first-order valence-electron chi connectivity index (χ1n) is 1.48. The van der Waals surface area contributed by atoms with Crippen molar-refractivity contribution in [1.29, 1.82) is 5.41 Å². The average molecular weight is 173 g/mol. The minimum absolute atomic E-state index is 2.50. The van der Waals surface area contributed by atoms with Crippen LogP contribution in [0.5, 0.6) is 0 Å². The SMILES string of the molecule is C=N.O=[P+](O)O[P+](=O)O. The van der Waals surface area contributed by atoms with Gasteiger partial charge in [-0.25, -0.2) is 0 Å². The molecule has 8 heteroatoms. The summed E-state index contributed by atoms with van der Waals surface area (Å²) in [5.74, 6) is 0. The van der Waals surface area contributed by atoms with E-state index in [9.17, 15) is 9.13 Å². The molecular formula is CH5NO5P2+2. The molecule has 3 N–H and O–H groups in total. The molecule has 0 heterocycles. The highest BCUT2D eigenvalue weighted by Crippen LogP contribution is 2.30. The second-order valence-electron chi connectivity index (χ2n) is 0.557. The Morgan fingerprint density at radius 1 is 1.22 bits per heavy atom. The number of rotatable bonds is 2. The fraction of sp³-hybridized carbons (Fsp3) is 0. The topological polar surface area (TPSA) is 108 Å². The Labute approximate surface area is 52.9 Å². The second-order valence-corrected chi connectivity index (χ2v) is 2.16. The lowest BCUT2D eigenvalue weighted by molar-refractivity contribution is 0.371. The first-order valence-corrected chi connectivity index (χ1v) is 3.74. The van der Waals surface area contributed by atoms with Gasteiger partial charge < -0.3 is 5.41 Å². The van der Waals surface area contributed by atoms with Crippen LogP contribution in [0.3, 0.4) is 0 Å². The van der Waals surface area contributed by atoms with Crippen molar-refractivity contribution in [3.8, 4) is 0 Å². The Kier molecular flexibility index (Phi) is 9.93. The molecule has 0 aromatic heterocycles. The predicted molar refractivity (Wildman–Crippen MR) is 30.6 cm³/mol. The number of hydrogen-bond acceptors (Lipinski definition) is 4. The molecule has 6 nitrogen and oxygen atoms in total. The molecule has 0 fully saturated rings. The first-order chi connectivity index (χ1) is 4.13. The fourth-order valence-electron chi connectivity index (χ4n) is 0.0598. The number of nitrogens with one attached hydrogen (secondary N) is 1. The van der Waals surface area contributed by atoms with Crippen molar-refractivity contribution in [2.45, 2.75) is 0 Å². The summed E-state index contributed by atoms with van der Waals surface area (Å²) < 4.78 is 22.2. The zero-order valence-electron chi connectivity index (χ0n) is 4.22. The molecule has 0 bridgehead atoms. The smallest absolute Gasteiger partial charge is 0.317 e. The van der Waals surface area contributed by atoms with Gasteiger partial charge in [-0.1, -0.05) is 0 Å². The van der Waals surface area contributed by atoms with Crippen molar-refractivity contribution >= 4 is 23.2 Å². The first kappa shape index (κ1) is 11.5. The molecule has 0 aliphatic heterocycles. The molecule has 0 radical (unpaired) electrons. The molecule has 0 amide bonds. The summed E-state index contributed by atoms with van der Waals surface area (Å²) in [6.07, 6.45) is 0. The average Bonchev–Trinajstić information content (AvgIpc) is 1.68. The maximum Gasteiger partial charge on any atom is 0.745 e. The van der Waals surface area contributed by atoms with E-state index in [1.165, 1.54) is 0 Å². The van der Waals surface area contributed by atoms with Crippen LogP contribution in [0.25, 0.3) is 0 Å². The van der Waals surface area contributed by atoms with Gasteiger partial charge in [-0.05, 0) is 6.72 Å². The maximum absolute atomic E-state index is 9.39. The van der Waals surface area contributed by atoms with Gasteiger partial charge in [0.2, 0.25) is 0 Å². The molecule has 2 unspecified atom stereocenters. The zero-order valence-corrected chi connectivity index (χ0v) is 6.01. The summed E-state index contributed by atoms with van der Waals surface area (Å²) in [7, 11) is -5.85. The van der Waals surface area contributed by atoms with Crippen LogP contribution in [-0.2, 0) is 13.4 Å². The third-order valence-corrected chi connectivity index (χ3v) is 1.26. The molecule has 2 atom stereocenters. The van der Waals surface area contributed by atoms with Crippen molar-refractivity contribution < 1.29 is 23.2 Å². The minimum atomic E-state index is -2.92. The highest BCUT2D eigenvalue weighted by atomic mass is 31.2. The summed E-state index contributed by atoms with van der Waals surface area (Å²) in [6.45, 7) is 2.50. The van der Waals surface area contributed by atoms with Gasteiger partial charge in [0.15, 0.2) is 4.31 Å². The lowest BCUT2D eigenvalue weighted by Gasteiger charge is -1.50. The quantitative estimate of drug-likeness (QED) is 0.417. The lowest BCUT2D eigenvalue weighted by Crippen LogP contribution is -1.58. The molecule has 0 spiro atoms. The third-order valence-electron chi connectivity index (χ3n) is 0.140. The van der Waals surface area contributed by atoms with Crippen molar-refractivity contribution in [2.75, 3.05) is 0 Å². The van der Waals surface area contributed by atoms with Crippen molar-refractivity contribution in [3.63, 3.8) is 0 Å². The van der Waals surface area contributed by atoms with E-state index in [-0.39, 0.29) is 0 Å². The van der Waals surface area contributed by atoms with E-state index in [0.29, 0.717) is 0 Å². The molecule has 0 saturated heterocycles. The zero-order chi connectivity index (χ0) is 7.86. The standard InChI is InChI=1S/CH3N.O5P2/c1-2;1-6(2)5-7(3)4/h2H,1H2;/p+2. The molecule has 0 aromatic carbocycles. The summed E-state index contributed by atoms with van der Waals surface area (Å²) >= 11 is 0. The molecule has 0 aromatic rings. The van der Waals surface area contributed by atoms with Crippen LogP contribution in [0.1, 0.15) is 0 Å². The van der Waals surface area contributed by atoms with Gasteiger partial charge in [0.1, 0.15) is 0 Å². The van der Waals surface area contributed by atoms with Gasteiger partial charge in [0.25, 0.3) is 0 Å². The van der Waals surface area contributed by atoms with Crippen molar-refractivity contribution in [3.05, 3.63) is 0 Å². The third kappa shape index (κ3) is 18.2. The van der Waals surface area contributed by atoms with E-state index < -0.39 is 16.5 Å². The van der Waals surface area contributed by atoms with Crippen LogP contribution in [-0.4, -0.2) is 16.5 Å². The minimum Gasteiger partial charge on any atom is -0.317 e. The van der Waals surface area contributed by atoms with Crippen LogP contribution >= 0.6 is 16.5 Å². The highest BCUT2D eigenvalue weighted by molar-refractivity contribution is 7.46.